The van der Waals surface area contributed by atoms with E-state index in [2.05, 4.69) is 20.9 Å². The van der Waals surface area contributed by atoms with E-state index >= 15 is 0 Å². The number of fused-ring (bicyclic) bond motifs is 1. The first-order valence-electron chi connectivity index (χ1n) is 11.3. The molecule has 188 valence electrons. The van der Waals surface area contributed by atoms with E-state index in [0.29, 0.717) is 43.0 Å². The van der Waals surface area contributed by atoms with E-state index in [9.17, 15) is 14.7 Å². The fourth-order valence-corrected chi connectivity index (χ4v) is 5.51. The van der Waals surface area contributed by atoms with Crippen molar-refractivity contribution in [2.24, 2.45) is 4.99 Å². The van der Waals surface area contributed by atoms with E-state index in [-0.39, 0.29) is 23.7 Å². The van der Waals surface area contributed by atoms with Gasteiger partial charge in [0.25, 0.3) is 5.56 Å². The van der Waals surface area contributed by atoms with Crippen molar-refractivity contribution in [1.29, 1.82) is 0 Å². The highest BCUT2D eigenvalue weighted by atomic mass is 79.9. The lowest BCUT2D eigenvalue weighted by Gasteiger charge is -2.24. The normalized spacial score (nSPS) is 15.4. The Kier molecular flexibility index (Phi) is 7.65. The standard InChI is InChI=1S/C26H25BrN2O6S/c1-5-34-17-9-7-16(8-10-17)22-21(25(32)35-6-2)14(3)28-26-29(22)24(31)20(36-26)13-15-11-18(27)23(30)19(12-15)33-4/h7-13,22,30H,5-6H2,1-4H3/b20-13-/t22-/m0/s1. The molecule has 4 rings (SSSR count). The third kappa shape index (κ3) is 4.83. The van der Waals surface area contributed by atoms with Gasteiger partial charge in [0.1, 0.15) is 5.75 Å². The summed E-state index contributed by atoms with van der Waals surface area (Å²) in [6, 6.07) is 9.92. The zero-order chi connectivity index (χ0) is 26.0. The summed E-state index contributed by atoms with van der Waals surface area (Å²) in [4.78, 5) is 31.7. The maximum atomic E-state index is 13.7. The number of carbonyl (C=O) groups is 1. The number of carbonyl (C=O) groups excluding carboxylic acids is 1. The molecule has 3 aromatic rings. The maximum Gasteiger partial charge on any atom is 0.338 e. The van der Waals surface area contributed by atoms with Crippen LogP contribution in [0, 0.1) is 0 Å². The van der Waals surface area contributed by atoms with Crippen LogP contribution in [0.25, 0.3) is 6.08 Å². The number of aromatic nitrogens is 1. The molecule has 0 saturated heterocycles. The van der Waals surface area contributed by atoms with Gasteiger partial charge in [0.2, 0.25) is 0 Å². The van der Waals surface area contributed by atoms with Gasteiger partial charge in [-0.2, -0.15) is 0 Å². The molecule has 1 aliphatic heterocycles. The molecule has 0 unspecified atom stereocenters. The molecule has 0 fully saturated rings. The average molecular weight is 573 g/mol. The number of ether oxygens (including phenoxy) is 3. The summed E-state index contributed by atoms with van der Waals surface area (Å²) < 4.78 is 18.5. The number of nitrogens with zero attached hydrogens (tertiary/aromatic N) is 2. The monoisotopic (exact) mass is 572 g/mol. The van der Waals surface area contributed by atoms with Crippen LogP contribution in [0.3, 0.4) is 0 Å². The minimum Gasteiger partial charge on any atom is -0.503 e. The highest BCUT2D eigenvalue weighted by Gasteiger charge is 2.33. The summed E-state index contributed by atoms with van der Waals surface area (Å²) in [6.07, 6.45) is 1.70. The lowest BCUT2D eigenvalue weighted by atomic mass is 9.96. The maximum absolute atomic E-state index is 13.7. The number of aromatic hydroxyl groups is 1. The molecule has 10 heteroatoms. The number of hydrogen-bond acceptors (Lipinski definition) is 8. The average Bonchev–Trinajstić information content (AvgIpc) is 3.15. The Morgan fingerprint density at radius 3 is 2.58 bits per heavy atom. The number of phenolic OH excluding ortho intramolecular Hbond substituents is 1. The summed E-state index contributed by atoms with van der Waals surface area (Å²) in [6.45, 7) is 6.11. The Hall–Kier alpha value is -3.37. The second-order valence-electron chi connectivity index (χ2n) is 7.86. The first-order valence-corrected chi connectivity index (χ1v) is 12.9. The van der Waals surface area contributed by atoms with Gasteiger partial charge in [0.15, 0.2) is 16.3 Å². The van der Waals surface area contributed by atoms with Crippen LogP contribution in [0.4, 0.5) is 0 Å². The third-order valence-corrected chi connectivity index (χ3v) is 7.18. The molecule has 0 amide bonds. The molecule has 2 heterocycles. The zero-order valence-electron chi connectivity index (χ0n) is 20.2. The molecule has 8 nitrogen and oxygen atoms in total. The first kappa shape index (κ1) is 25.7. The highest BCUT2D eigenvalue weighted by molar-refractivity contribution is 9.10. The van der Waals surface area contributed by atoms with Gasteiger partial charge in [0, 0.05) is 0 Å². The summed E-state index contributed by atoms with van der Waals surface area (Å²) >= 11 is 4.53. The molecule has 0 spiro atoms. The number of halogens is 1. The Morgan fingerprint density at radius 2 is 1.94 bits per heavy atom. The molecule has 0 aliphatic carbocycles. The van der Waals surface area contributed by atoms with Crippen LogP contribution in [0.15, 0.2) is 61.9 Å². The summed E-state index contributed by atoms with van der Waals surface area (Å²) in [5.74, 6) is 0.426. The Morgan fingerprint density at radius 1 is 1.22 bits per heavy atom. The van der Waals surface area contributed by atoms with E-state index in [1.165, 1.54) is 23.0 Å². The van der Waals surface area contributed by atoms with Crippen molar-refractivity contribution >= 4 is 39.3 Å². The quantitative estimate of drug-likeness (QED) is 0.434. The van der Waals surface area contributed by atoms with Crippen LogP contribution in [0.2, 0.25) is 0 Å². The predicted octanol–water partition coefficient (Wildman–Crippen LogP) is 3.67. The number of esters is 1. The number of rotatable bonds is 7. The highest BCUT2D eigenvalue weighted by Crippen LogP contribution is 2.35. The van der Waals surface area contributed by atoms with Crippen molar-refractivity contribution in [2.75, 3.05) is 20.3 Å². The number of hydrogen-bond donors (Lipinski definition) is 1. The van der Waals surface area contributed by atoms with Gasteiger partial charge in [-0.1, -0.05) is 23.5 Å². The Balaban J connectivity index is 1.92. The second-order valence-corrected chi connectivity index (χ2v) is 9.72. The zero-order valence-corrected chi connectivity index (χ0v) is 22.6. The summed E-state index contributed by atoms with van der Waals surface area (Å²) in [5.41, 5.74) is 1.90. The van der Waals surface area contributed by atoms with Crippen LogP contribution in [0.1, 0.15) is 37.9 Å². The molecule has 36 heavy (non-hydrogen) atoms. The Bertz CT molecular complexity index is 1520. The van der Waals surface area contributed by atoms with Gasteiger partial charge < -0.3 is 19.3 Å². The van der Waals surface area contributed by atoms with Crippen molar-refractivity contribution < 1.29 is 24.1 Å². The van der Waals surface area contributed by atoms with E-state index in [1.54, 1.807) is 32.1 Å². The fourth-order valence-electron chi connectivity index (χ4n) is 4.00. The third-order valence-electron chi connectivity index (χ3n) is 5.59. The van der Waals surface area contributed by atoms with Crippen LogP contribution in [-0.4, -0.2) is 36.0 Å². The molecule has 0 bridgehead atoms. The van der Waals surface area contributed by atoms with Gasteiger partial charge in [-0.05, 0) is 78.2 Å². The first-order chi connectivity index (χ1) is 17.3. The van der Waals surface area contributed by atoms with Crippen LogP contribution in [0.5, 0.6) is 17.2 Å². The molecular weight excluding hydrogens is 548 g/mol. The minimum absolute atomic E-state index is 0.0266. The topological polar surface area (TPSA) is 99.4 Å². The number of benzene rings is 2. The number of allylic oxidation sites excluding steroid dienone is 1. The number of phenols is 1. The van der Waals surface area contributed by atoms with E-state index in [1.807, 2.05) is 31.2 Å². The van der Waals surface area contributed by atoms with Crippen LogP contribution >= 0.6 is 27.3 Å². The summed E-state index contributed by atoms with van der Waals surface area (Å²) in [5, 5.41) is 10.1. The van der Waals surface area contributed by atoms with Gasteiger partial charge in [-0.3, -0.25) is 9.36 Å². The van der Waals surface area contributed by atoms with Crippen LogP contribution in [-0.2, 0) is 9.53 Å². The van der Waals surface area contributed by atoms with Crippen molar-refractivity contribution in [2.45, 2.75) is 26.8 Å². The largest absolute Gasteiger partial charge is 0.503 e. The molecule has 1 aliphatic rings. The van der Waals surface area contributed by atoms with E-state index < -0.39 is 12.0 Å². The van der Waals surface area contributed by atoms with Gasteiger partial charge >= 0.3 is 5.97 Å². The smallest absolute Gasteiger partial charge is 0.338 e. The second kappa shape index (κ2) is 10.7. The molecule has 0 radical (unpaired) electrons. The fraction of sp³-hybridized carbons (Fsp3) is 0.269. The lowest BCUT2D eigenvalue weighted by Crippen LogP contribution is -2.39. The van der Waals surface area contributed by atoms with Crippen molar-refractivity contribution in [3.63, 3.8) is 0 Å². The van der Waals surface area contributed by atoms with Gasteiger partial charge in [0.05, 0.1) is 46.6 Å². The molecular formula is C26H25BrN2O6S. The predicted molar refractivity (Wildman–Crippen MR) is 140 cm³/mol. The van der Waals surface area contributed by atoms with Crippen molar-refractivity contribution in [3.05, 3.63) is 83.0 Å². The van der Waals surface area contributed by atoms with Crippen LogP contribution < -0.4 is 24.4 Å². The molecule has 1 aromatic heterocycles. The Labute approximate surface area is 219 Å². The molecule has 1 atom stereocenters. The van der Waals surface area contributed by atoms with Crippen molar-refractivity contribution in [3.8, 4) is 17.2 Å². The van der Waals surface area contributed by atoms with E-state index in [0.717, 1.165) is 5.56 Å². The minimum atomic E-state index is -0.709. The van der Waals surface area contributed by atoms with Gasteiger partial charge in [-0.15, -0.1) is 0 Å². The van der Waals surface area contributed by atoms with Crippen molar-refractivity contribution in [1.82, 2.24) is 4.57 Å². The number of methoxy groups -OCH3 is 1. The molecule has 2 aromatic carbocycles. The SMILES string of the molecule is CCOC(=O)C1=C(C)N=c2s/c(=C\c3cc(Br)c(O)c(OC)c3)c(=O)n2[C@H]1c1ccc(OCC)cc1. The molecule has 0 saturated carbocycles. The molecule has 1 N–H and O–H groups in total. The summed E-state index contributed by atoms with van der Waals surface area (Å²) in [7, 11) is 1.45. The number of thiazole rings is 1. The van der Waals surface area contributed by atoms with Gasteiger partial charge in [-0.25, -0.2) is 9.79 Å². The van der Waals surface area contributed by atoms with E-state index in [4.69, 9.17) is 14.2 Å². The lowest BCUT2D eigenvalue weighted by molar-refractivity contribution is -0.139.